The minimum Gasteiger partial charge on any atom is -0.286 e. The maximum atomic E-state index is 3.93. The van der Waals surface area contributed by atoms with Gasteiger partial charge in [0.2, 0.25) is 0 Å². The van der Waals surface area contributed by atoms with Crippen LogP contribution in [-0.2, 0) is 0 Å². The fourth-order valence-corrected chi connectivity index (χ4v) is 0.482. The molecule has 0 rings (SSSR count). The summed E-state index contributed by atoms with van der Waals surface area (Å²) in [4.78, 5) is 3.93. The molecule has 40 valence electrons. The van der Waals surface area contributed by atoms with Crippen molar-refractivity contribution < 1.29 is 0 Å². The van der Waals surface area contributed by atoms with Gasteiger partial charge in [-0.3, -0.25) is 4.99 Å². The quantitative estimate of drug-likeness (QED) is 0.404. The summed E-state index contributed by atoms with van der Waals surface area (Å²) in [6.45, 7) is 6.37. The van der Waals surface area contributed by atoms with Gasteiger partial charge in [0.1, 0.15) is 0 Å². The third-order valence-electron chi connectivity index (χ3n) is 0.414. The van der Waals surface area contributed by atoms with Crippen LogP contribution < -0.4 is 0 Å². The largest absolute Gasteiger partial charge is 0.286 e. The third kappa shape index (κ3) is 5.76. The summed E-state index contributed by atoms with van der Waals surface area (Å²) in [6, 6.07) is 0. The lowest BCUT2D eigenvalue weighted by Crippen LogP contribution is -1.64. The summed E-state index contributed by atoms with van der Waals surface area (Å²) in [5, 5.41) is 1.75. The van der Waals surface area contributed by atoms with E-state index in [1.807, 2.05) is 6.92 Å². The second kappa shape index (κ2) is 5.76. The number of hydrogen-bond donors (Lipinski definition) is 0. The van der Waals surface area contributed by atoms with Crippen LogP contribution >= 0.6 is 11.8 Å². The normalized spacial score (nSPS) is 9.86. The highest BCUT2D eigenvalue weighted by molar-refractivity contribution is 8.14. The zero-order valence-corrected chi connectivity index (χ0v) is 5.24. The fourth-order valence-electron chi connectivity index (χ4n) is 0.161. The highest BCUT2D eigenvalue weighted by Gasteiger charge is 1.63. The molecule has 1 nitrogen and oxygen atoms in total. The number of aliphatic imine (C=N–C) groups is 1. The Morgan fingerprint density at radius 3 is 3.00 bits per heavy atom. The van der Waals surface area contributed by atoms with Crippen LogP contribution in [0.2, 0.25) is 0 Å². The monoisotopic (exact) mass is 115 g/mol. The van der Waals surface area contributed by atoms with E-state index < -0.39 is 0 Å². The van der Waals surface area contributed by atoms with Gasteiger partial charge >= 0.3 is 0 Å². The van der Waals surface area contributed by atoms with E-state index >= 15 is 0 Å². The van der Waals surface area contributed by atoms with E-state index in [1.165, 1.54) is 11.8 Å². The van der Waals surface area contributed by atoms with Gasteiger partial charge in [-0.2, -0.15) is 0 Å². The predicted octanol–water partition coefficient (Wildman–Crippen LogP) is 1.91. The molecule has 0 aliphatic rings. The average Bonchev–Trinajstić information content (AvgIpc) is 1.69. The van der Waals surface area contributed by atoms with E-state index in [0.717, 1.165) is 6.54 Å². The SMILES string of the molecule is C=CS/C=N\CC. The van der Waals surface area contributed by atoms with Gasteiger partial charge < -0.3 is 0 Å². The molecule has 0 radical (unpaired) electrons. The van der Waals surface area contributed by atoms with Crippen molar-refractivity contribution >= 4 is 17.3 Å². The van der Waals surface area contributed by atoms with Crippen molar-refractivity contribution in [2.75, 3.05) is 6.54 Å². The van der Waals surface area contributed by atoms with Crippen LogP contribution in [0.1, 0.15) is 6.92 Å². The fraction of sp³-hybridized carbons (Fsp3) is 0.400. The molecule has 0 atom stereocenters. The Bertz CT molecular complexity index is 68.5. The molecule has 7 heavy (non-hydrogen) atoms. The van der Waals surface area contributed by atoms with Crippen LogP contribution in [0.15, 0.2) is 17.0 Å². The van der Waals surface area contributed by atoms with Crippen LogP contribution in [0.5, 0.6) is 0 Å². The van der Waals surface area contributed by atoms with Crippen LogP contribution in [0.3, 0.4) is 0 Å². The van der Waals surface area contributed by atoms with E-state index in [-0.39, 0.29) is 0 Å². The standard InChI is InChI=1S/C5H9NS/c1-3-6-5-7-4-2/h4-5H,2-3H2,1H3/b6-5-. The van der Waals surface area contributed by atoms with Crippen molar-refractivity contribution in [3.63, 3.8) is 0 Å². The van der Waals surface area contributed by atoms with E-state index in [2.05, 4.69) is 11.6 Å². The zero-order chi connectivity index (χ0) is 5.54. The Labute approximate surface area is 48.5 Å². The Morgan fingerprint density at radius 2 is 2.57 bits per heavy atom. The first-order chi connectivity index (χ1) is 3.41. The molecule has 0 heterocycles. The van der Waals surface area contributed by atoms with E-state index in [9.17, 15) is 0 Å². The summed E-state index contributed by atoms with van der Waals surface area (Å²) in [7, 11) is 0. The minimum atomic E-state index is 0.862. The molecule has 0 amide bonds. The molecular formula is C5H9NS. The molecule has 0 bridgehead atoms. The number of nitrogens with zero attached hydrogens (tertiary/aromatic N) is 1. The summed E-state index contributed by atoms with van der Waals surface area (Å²) in [5.41, 5.74) is 1.78. The molecule has 0 aromatic rings. The summed E-state index contributed by atoms with van der Waals surface area (Å²) >= 11 is 1.50. The highest BCUT2D eigenvalue weighted by Crippen LogP contribution is 1.91. The number of rotatable bonds is 3. The van der Waals surface area contributed by atoms with E-state index in [1.54, 1.807) is 11.0 Å². The van der Waals surface area contributed by atoms with Crippen molar-refractivity contribution in [2.24, 2.45) is 4.99 Å². The van der Waals surface area contributed by atoms with Gasteiger partial charge in [0, 0.05) is 6.54 Å². The van der Waals surface area contributed by atoms with Gasteiger partial charge in [-0.05, 0) is 12.3 Å². The highest BCUT2D eigenvalue weighted by atomic mass is 32.2. The molecule has 0 fully saturated rings. The van der Waals surface area contributed by atoms with Crippen LogP contribution in [0, 0.1) is 0 Å². The Balaban J connectivity index is 2.92. The van der Waals surface area contributed by atoms with Crippen LogP contribution in [0.4, 0.5) is 0 Å². The zero-order valence-electron chi connectivity index (χ0n) is 4.42. The molecule has 0 aliphatic heterocycles. The smallest absolute Gasteiger partial charge is 0.0582 e. The van der Waals surface area contributed by atoms with E-state index in [0.29, 0.717) is 0 Å². The summed E-state index contributed by atoms with van der Waals surface area (Å²) in [5.74, 6) is 0. The molecular weight excluding hydrogens is 106 g/mol. The second-order valence-corrected chi connectivity index (χ2v) is 1.72. The maximum Gasteiger partial charge on any atom is 0.0582 e. The summed E-state index contributed by atoms with van der Waals surface area (Å²) in [6.07, 6.45) is 0. The molecule has 0 N–H and O–H groups in total. The average molecular weight is 115 g/mol. The van der Waals surface area contributed by atoms with Crippen molar-refractivity contribution in [1.29, 1.82) is 0 Å². The van der Waals surface area contributed by atoms with Gasteiger partial charge in [0.25, 0.3) is 0 Å². The molecule has 0 unspecified atom stereocenters. The molecule has 0 saturated carbocycles. The topological polar surface area (TPSA) is 12.4 Å². The number of thioether (sulfide) groups is 1. The molecule has 0 aromatic heterocycles. The first-order valence-electron chi connectivity index (χ1n) is 2.16. The van der Waals surface area contributed by atoms with Crippen molar-refractivity contribution in [3.8, 4) is 0 Å². The van der Waals surface area contributed by atoms with Gasteiger partial charge in [0.15, 0.2) is 0 Å². The van der Waals surface area contributed by atoms with Gasteiger partial charge in [-0.15, -0.1) is 0 Å². The second-order valence-electron chi connectivity index (χ2n) is 0.907. The molecule has 0 saturated heterocycles. The first kappa shape index (κ1) is 6.76. The molecule has 0 spiro atoms. The van der Waals surface area contributed by atoms with Gasteiger partial charge in [-0.1, -0.05) is 18.3 Å². The van der Waals surface area contributed by atoms with Crippen LogP contribution in [0.25, 0.3) is 0 Å². The molecule has 0 aliphatic carbocycles. The lowest BCUT2D eigenvalue weighted by atomic mass is 10.8. The molecule has 2 heteroatoms. The predicted molar refractivity (Wildman–Crippen MR) is 36.8 cm³/mol. The van der Waals surface area contributed by atoms with Crippen LogP contribution in [-0.4, -0.2) is 12.1 Å². The van der Waals surface area contributed by atoms with Crippen molar-refractivity contribution in [2.45, 2.75) is 6.92 Å². The minimum absolute atomic E-state index is 0.862. The van der Waals surface area contributed by atoms with Crippen molar-refractivity contribution in [3.05, 3.63) is 12.0 Å². The first-order valence-corrected chi connectivity index (χ1v) is 3.10. The lowest BCUT2D eigenvalue weighted by molar-refractivity contribution is 1.15. The summed E-state index contributed by atoms with van der Waals surface area (Å²) < 4.78 is 0. The lowest BCUT2D eigenvalue weighted by Gasteiger charge is -1.75. The van der Waals surface area contributed by atoms with E-state index in [4.69, 9.17) is 0 Å². The van der Waals surface area contributed by atoms with Gasteiger partial charge in [0.05, 0.1) is 5.55 Å². The number of hydrogen-bond acceptors (Lipinski definition) is 2. The molecule has 0 aromatic carbocycles. The Morgan fingerprint density at radius 1 is 1.86 bits per heavy atom. The van der Waals surface area contributed by atoms with Crippen molar-refractivity contribution in [1.82, 2.24) is 0 Å². The Hall–Kier alpha value is -0.240. The van der Waals surface area contributed by atoms with Gasteiger partial charge in [-0.25, -0.2) is 0 Å². The maximum absolute atomic E-state index is 3.93. The third-order valence-corrected chi connectivity index (χ3v) is 0.877. The Kier molecular flexibility index (Phi) is 5.56.